The van der Waals surface area contributed by atoms with Crippen LogP contribution in [0.1, 0.15) is 54.0 Å². The van der Waals surface area contributed by atoms with E-state index in [1.54, 1.807) is 44.6 Å². The van der Waals surface area contributed by atoms with Crippen molar-refractivity contribution in [3.05, 3.63) is 70.3 Å². The first kappa shape index (κ1) is 24.9. The Morgan fingerprint density at radius 2 is 1.74 bits per heavy atom. The van der Waals surface area contributed by atoms with Crippen LogP contribution >= 0.6 is 0 Å². The van der Waals surface area contributed by atoms with Crippen LogP contribution in [-0.4, -0.2) is 24.8 Å². The van der Waals surface area contributed by atoms with Crippen LogP contribution < -0.4 is 10.8 Å². The largest absolute Gasteiger partial charge is 0.377 e. The molecule has 0 unspecified atom stereocenters. The number of halogens is 2. The minimum Gasteiger partial charge on any atom is -0.377 e. The lowest BCUT2D eigenvalue weighted by atomic mass is 9.91. The van der Waals surface area contributed by atoms with Crippen LogP contribution in [0, 0.1) is 31.4 Å². The van der Waals surface area contributed by atoms with E-state index in [-0.39, 0.29) is 17.7 Å². The first-order chi connectivity index (χ1) is 14.8. The van der Waals surface area contributed by atoms with E-state index in [4.69, 9.17) is 9.94 Å². The van der Waals surface area contributed by atoms with Gasteiger partial charge in [0, 0.05) is 19.6 Å². The smallest absolute Gasteiger partial charge is 0.246 e. The Kier molecular flexibility index (Phi) is 10.0. The molecule has 0 aliphatic carbocycles. The molecular weight excluding hydrogens is 402 g/mol. The summed E-state index contributed by atoms with van der Waals surface area (Å²) in [5.41, 5.74) is 4.72. The fourth-order valence-electron chi connectivity index (χ4n) is 3.63. The summed E-state index contributed by atoms with van der Waals surface area (Å²) < 4.78 is 32.4. The van der Waals surface area contributed by atoms with E-state index in [1.807, 2.05) is 6.07 Å². The molecule has 0 aliphatic heterocycles. The summed E-state index contributed by atoms with van der Waals surface area (Å²) in [4.78, 5) is 12.2. The topological polar surface area (TPSA) is 70.6 Å². The number of hydrogen-bond donors (Lipinski definition) is 3. The number of amides is 1. The van der Waals surface area contributed by atoms with Crippen LogP contribution in [0.4, 0.5) is 8.78 Å². The van der Waals surface area contributed by atoms with Crippen molar-refractivity contribution in [2.45, 2.75) is 52.2 Å². The van der Waals surface area contributed by atoms with Crippen molar-refractivity contribution in [3.8, 4) is 0 Å². The number of benzene rings is 2. The third-order valence-corrected chi connectivity index (χ3v) is 5.53. The highest BCUT2D eigenvalue weighted by Gasteiger charge is 2.24. The highest BCUT2D eigenvalue weighted by Crippen LogP contribution is 2.28. The summed E-state index contributed by atoms with van der Waals surface area (Å²) in [5, 5.41) is 12.4. The molecule has 2 rings (SSSR count). The fraction of sp³-hybridized carbons (Fsp3) is 0.458. The standard InChI is InChI=1S/C24H32F2N2O3/c1-16-12-18(7-9-21(16)25)15-27-11-5-4-6-20(24(29)28-30)14-23(31-3)19-8-10-22(26)17(2)13-19/h7-10,12-13,20,23,27,30H,4-6,11,14-15H2,1-3H3,(H,28,29)/t20-,23+/m0/s1. The van der Waals surface area contributed by atoms with Crippen LogP contribution in [0.2, 0.25) is 0 Å². The van der Waals surface area contributed by atoms with Crippen molar-refractivity contribution >= 4 is 5.91 Å². The number of carbonyl (C=O) groups excluding carboxylic acids is 1. The highest BCUT2D eigenvalue weighted by molar-refractivity contribution is 5.77. The van der Waals surface area contributed by atoms with Gasteiger partial charge in [-0.25, -0.2) is 14.3 Å². The van der Waals surface area contributed by atoms with Gasteiger partial charge in [0.1, 0.15) is 11.6 Å². The van der Waals surface area contributed by atoms with Crippen LogP contribution in [0.3, 0.4) is 0 Å². The van der Waals surface area contributed by atoms with E-state index in [0.717, 1.165) is 30.5 Å². The molecule has 0 fully saturated rings. The van der Waals surface area contributed by atoms with Crippen molar-refractivity contribution in [1.29, 1.82) is 0 Å². The molecule has 0 saturated heterocycles. The maximum Gasteiger partial charge on any atom is 0.246 e. The second-order valence-electron chi connectivity index (χ2n) is 7.90. The molecule has 0 radical (unpaired) electrons. The van der Waals surface area contributed by atoms with Crippen LogP contribution in [0.15, 0.2) is 36.4 Å². The number of nitrogens with one attached hydrogen (secondary N) is 2. The van der Waals surface area contributed by atoms with E-state index in [9.17, 15) is 13.6 Å². The van der Waals surface area contributed by atoms with Gasteiger partial charge < -0.3 is 10.1 Å². The Labute approximate surface area is 182 Å². The molecule has 0 aromatic heterocycles. The van der Waals surface area contributed by atoms with Crippen molar-refractivity contribution in [3.63, 3.8) is 0 Å². The minimum absolute atomic E-state index is 0.206. The molecule has 1 amide bonds. The lowest BCUT2D eigenvalue weighted by Gasteiger charge is -2.22. The molecule has 0 heterocycles. The molecule has 31 heavy (non-hydrogen) atoms. The molecule has 2 aromatic rings. The summed E-state index contributed by atoms with van der Waals surface area (Å²) >= 11 is 0. The first-order valence-electron chi connectivity index (χ1n) is 10.5. The average molecular weight is 435 g/mol. The predicted molar refractivity (Wildman–Crippen MR) is 116 cm³/mol. The number of carbonyl (C=O) groups is 1. The number of rotatable bonds is 12. The van der Waals surface area contributed by atoms with Crippen LogP contribution in [-0.2, 0) is 16.1 Å². The van der Waals surface area contributed by atoms with Crippen LogP contribution in [0.25, 0.3) is 0 Å². The molecule has 2 atom stereocenters. The molecule has 2 aromatic carbocycles. The second-order valence-corrected chi connectivity index (χ2v) is 7.90. The first-order valence-corrected chi connectivity index (χ1v) is 10.5. The number of ether oxygens (including phenoxy) is 1. The van der Waals surface area contributed by atoms with Gasteiger partial charge in [-0.2, -0.15) is 0 Å². The van der Waals surface area contributed by atoms with Crippen molar-refractivity contribution < 1.29 is 23.5 Å². The van der Waals surface area contributed by atoms with Gasteiger partial charge in [0.25, 0.3) is 0 Å². The summed E-state index contributed by atoms with van der Waals surface area (Å²) in [6, 6.07) is 9.83. The van der Waals surface area contributed by atoms with E-state index < -0.39 is 11.8 Å². The highest BCUT2D eigenvalue weighted by atomic mass is 19.1. The normalized spacial score (nSPS) is 13.1. The number of methoxy groups -OCH3 is 1. The molecule has 0 bridgehead atoms. The van der Waals surface area contributed by atoms with Gasteiger partial charge in [0.05, 0.1) is 6.10 Å². The van der Waals surface area contributed by atoms with Gasteiger partial charge in [-0.15, -0.1) is 0 Å². The summed E-state index contributed by atoms with van der Waals surface area (Å²) in [7, 11) is 1.55. The zero-order valence-electron chi connectivity index (χ0n) is 18.4. The Balaban J connectivity index is 1.82. The molecular formula is C24H32F2N2O3. The zero-order chi connectivity index (χ0) is 22.8. The van der Waals surface area contributed by atoms with Crippen molar-refractivity contribution in [2.75, 3.05) is 13.7 Å². The SMILES string of the molecule is CO[C@H](C[C@H](CCCCNCc1ccc(F)c(C)c1)C(=O)NO)c1ccc(F)c(C)c1. The molecule has 170 valence electrons. The second kappa shape index (κ2) is 12.5. The Bertz CT molecular complexity index is 861. The van der Waals surface area contributed by atoms with Crippen molar-refractivity contribution in [2.24, 2.45) is 5.92 Å². The molecule has 5 nitrogen and oxygen atoms in total. The average Bonchev–Trinajstić information content (AvgIpc) is 2.76. The van der Waals surface area contributed by atoms with E-state index in [0.29, 0.717) is 30.5 Å². The number of aryl methyl sites for hydroxylation is 2. The molecule has 7 heteroatoms. The molecule has 0 aliphatic rings. The van der Waals surface area contributed by atoms with Gasteiger partial charge in [-0.05, 0) is 74.0 Å². The third kappa shape index (κ3) is 7.69. The van der Waals surface area contributed by atoms with Gasteiger partial charge in [-0.1, -0.05) is 30.7 Å². The Hall–Kier alpha value is -2.35. The van der Waals surface area contributed by atoms with E-state index >= 15 is 0 Å². The van der Waals surface area contributed by atoms with E-state index in [2.05, 4.69) is 5.32 Å². The fourth-order valence-corrected chi connectivity index (χ4v) is 3.63. The summed E-state index contributed by atoms with van der Waals surface area (Å²) in [6.07, 6.45) is 2.23. The maximum atomic E-state index is 13.6. The summed E-state index contributed by atoms with van der Waals surface area (Å²) in [6.45, 7) is 4.83. The zero-order valence-corrected chi connectivity index (χ0v) is 18.4. The lowest BCUT2D eigenvalue weighted by molar-refractivity contribution is -0.135. The Morgan fingerprint density at radius 1 is 1.06 bits per heavy atom. The number of hydrogen-bond acceptors (Lipinski definition) is 4. The van der Waals surface area contributed by atoms with Gasteiger partial charge in [0.2, 0.25) is 5.91 Å². The quantitative estimate of drug-likeness (QED) is 0.256. The van der Waals surface area contributed by atoms with Crippen molar-refractivity contribution in [1.82, 2.24) is 10.8 Å². The Morgan fingerprint density at radius 3 is 2.35 bits per heavy atom. The third-order valence-electron chi connectivity index (χ3n) is 5.53. The lowest BCUT2D eigenvalue weighted by Crippen LogP contribution is -2.29. The van der Waals surface area contributed by atoms with Crippen LogP contribution in [0.5, 0.6) is 0 Å². The van der Waals surface area contributed by atoms with Gasteiger partial charge >= 0.3 is 0 Å². The van der Waals surface area contributed by atoms with E-state index in [1.165, 1.54) is 12.1 Å². The molecule has 0 spiro atoms. The van der Waals surface area contributed by atoms with Gasteiger partial charge in [0.15, 0.2) is 0 Å². The minimum atomic E-state index is -0.448. The monoisotopic (exact) mass is 434 g/mol. The molecule has 3 N–H and O–H groups in total. The number of hydroxylamine groups is 1. The van der Waals surface area contributed by atoms with Gasteiger partial charge in [-0.3, -0.25) is 10.0 Å². The predicted octanol–water partition coefficient (Wildman–Crippen LogP) is 4.74. The number of unbranched alkanes of at least 4 members (excludes halogenated alkanes) is 1. The maximum absolute atomic E-state index is 13.6. The molecule has 0 saturated carbocycles. The summed E-state index contributed by atoms with van der Waals surface area (Å²) in [5.74, 6) is -1.37.